The van der Waals surface area contributed by atoms with Crippen molar-refractivity contribution >= 4 is 15.7 Å². The Balaban J connectivity index is 2.40. The molecule has 0 radical (unpaired) electrons. The first-order chi connectivity index (χ1) is 9.79. The average Bonchev–Trinajstić information content (AvgIpc) is 2.38. The number of hydrogen-bond acceptors (Lipinski definition) is 6. The summed E-state index contributed by atoms with van der Waals surface area (Å²) in [5.41, 5.74) is -0.120. The highest BCUT2D eigenvalue weighted by Gasteiger charge is 2.25. The van der Waals surface area contributed by atoms with Crippen molar-refractivity contribution < 1.29 is 22.8 Å². The van der Waals surface area contributed by atoms with Crippen LogP contribution in [-0.4, -0.2) is 32.7 Å². The molecule has 9 heteroatoms. The molecule has 8 nitrogen and oxygen atoms in total. The number of hydrogen-bond donors (Lipinski definition) is 1. The molecule has 1 unspecified atom stereocenters. The first-order valence-electron chi connectivity index (χ1n) is 6.35. The molecule has 0 amide bonds. The van der Waals surface area contributed by atoms with Crippen LogP contribution in [0.25, 0.3) is 0 Å². The first kappa shape index (κ1) is 15.7. The molecule has 0 saturated carbocycles. The maximum Gasteiger partial charge on any atom is 0.312 e. The second kappa shape index (κ2) is 5.96. The number of nitrogens with zero attached hydrogens (tertiary/aromatic N) is 1. The van der Waals surface area contributed by atoms with Crippen molar-refractivity contribution in [3.05, 3.63) is 27.8 Å². The number of sulfonamides is 1. The summed E-state index contributed by atoms with van der Waals surface area (Å²) in [4.78, 5) is 10.1. The van der Waals surface area contributed by atoms with Gasteiger partial charge in [-0.2, -0.15) is 0 Å². The second-order valence-electron chi connectivity index (χ2n) is 4.84. The van der Waals surface area contributed by atoms with Gasteiger partial charge < -0.3 is 9.47 Å². The van der Waals surface area contributed by atoms with Crippen molar-refractivity contribution in [1.29, 1.82) is 0 Å². The molecule has 1 aliphatic heterocycles. The lowest BCUT2D eigenvalue weighted by molar-refractivity contribution is -0.386. The minimum Gasteiger partial charge on any atom is -0.481 e. The molecule has 0 aliphatic carbocycles. The molecule has 21 heavy (non-hydrogen) atoms. The van der Waals surface area contributed by atoms with Crippen LogP contribution in [-0.2, 0) is 14.8 Å². The van der Waals surface area contributed by atoms with Crippen molar-refractivity contribution in [3.8, 4) is 5.75 Å². The van der Waals surface area contributed by atoms with Crippen LogP contribution in [0.3, 0.4) is 0 Å². The summed E-state index contributed by atoms with van der Waals surface area (Å²) in [6, 6.07) is 2.26. The van der Waals surface area contributed by atoms with Gasteiger partial charge in [0.1, 0.15) is 6.10 Å². The van der Waals surface area contributed by atoms with Gasteiger partial charge in [-0.1, -0.05) is 0 Å². The Morgan fingerprint density at radius 3 is 2.71 bits per heavy atom. The van der Waals surface area contributed by atoms with Gasteiger partial charge in [0.05, 0.1) is 16.4 Å². The van der Waals surface area contributed by atoms with E-state index >= 15 is 0 Å². The summed E-state index contributed by atoms with van der Waals surface area (Å²) in [6.07, 6.45) is 1.26. The lowest BCUT2D eigenvalue weighted by atomic mass is 10.1. The summed E-state index contributed by atoms with van der Waals surface area (Å²) in [7, 11) is -4.02. The summed E-state index contributed by atoms with van der Waals surface area (Å²) >= 11 is 0. The average molecular weight is 316 g/mol. The van der Waals surface area contributed by atoms with E-state index < -0.39 is 20.6 Å². The minimum absolute atomic E-state index is 0.0281. The van der Waals surface area contributed by atoms with Crippen molar-refractivity contribution in [2.24, 2.45) is 5.14 Å². The number of rotatable bonds is 4. The quantitative estimate of drug-likeness (QED) is 0.656. The zero-order valence-electron chi connectivity index (χ0n) is 11.4. The molecular weight excluding hydrogens is 300 g/mol. The van der Waals surface area contributed by atoms with E-state index in [9.17, 15) is 18.5 Å². The molecule has 1 saturated heterocycles. The summed E-state index contributed by atoms with van der Waals surface area (Å²) in [6.45, 7) is 2.51. The van der Waals surface area contributed by atoms with E-state index in [1.54, 1.807) is 0 Å². The minimum atomic E-state index is -4.02. The van der Waals surface area contributed by atoms with Gasteiger partial charge in [0.15, 0.2) is 5.75 Å². The van der Waals surface area contributed by atoms with Crippen LogP contribution in [0.1, 0.15) is 18.4 Å². The zero-order valence-corrected chi connectivity index (χ0v) is 12.3. The summed E-state index contributed by atoms with van der Waals surface area (Å²) in [5.74, 6) is 0.0281. The normalized spacial score (nSPS) is 19.2. The Hall–Kier alpha value is -1.71. The molecule has 1 aromatic rings. The van der Waals surface area contributed by atoms with E-state index in [2.05, 4.69) is 0 Å². The maximum absolute atomic E-state index is 11.4. The molecule has 2 N–H and O–H groups in total. The largest absolute Gasteiger partial charge is 0.481 e. The third-order valence-electron chi connectivity index (χ3n) is 3.17. The molecule has 0 spiro atoms. The number of nitro groups is 1. The monoisotopic (exact) mass is 316 g/mol. The lowest BCUT2D eigenvalue weighted by Gasteiger charge is -2.23. The van der Waals surface area contributed by atoms with Crippen LogP contribution >= 0.6 is 0 Å². The smallest absolute Gasteiger partial charge is 0.312 e. The molecule has 0 bridgehead atoms. The van der Waals surface area contributed by atoms with Crippen molar-refractivity contribution in [2.45, 2.75) is 30.8 Å². The summed E-state index contributed by atoms with van der Waals surface area (Å²) in [5, 5.41) is 16.2. The van der Waals surface area contributed by atoms with Gasteiger partial charge in [-0.05, 0) is 31.4 Å². The molecular formula is C12H16N2O6S. The van der Waals surface area contributed by atoms with Crippen molar-refractivity contribution in [2.75, 3.05) is 13.2 Å². The van der Waals surface area contributed by atoms with E-state index in [1.807, 2.05) is 0 Å². The second-order valence-corrected chi connectivity index (χ2v) is 6.37. The maximum atomic E-state index is 11.4. The first-order valence-corrected chi connectivity index (χ1v) is 7.90. The van der Waals surface area contributed by atoms with E-state index in [0.29, 0.717) is 18.8 Å². The van der Waals surface area contributed by atoms with Crippen LogP contribution in [0.2, 0.25) is 0 Å². The summed E-state index contributed by atoms with van der Waals surface area (Å²) < 4.78 is 33.7. The highest BCUT2D eigenvalue weighted by Crippen LogP contribution is 2.33. The zero-order chi connectivity index (χ0) is 15.6. The topological polar surface area (TPSA) is 122 Å². The molecule has 1 fully saturated rings. The van der Waals surface area contributed by atoms with Gasteiger partial charge in [-0.3, -0.25) is 10.1 Å². The fourth-order valence-electron chi connectivity index (χ4n) is 2.18. The standard InChI is InChI=1S/C12H16N2O6S/c1-8-5-11(20-9-3-2-4-19-7-9)10(14(15)16)6-12(8)21(13,17)18/h5-6,9H,2-4,7H2,1H3,(H2,13,17,18). The number of nitrogens with two attached hydrogens (primary N) is 1. The van der Waals surface area contributed by atoms with Crippen LogP contribution in [0.5, 0.6) is 5.75 Å². The van der Waals surface area contributed by atoms with Gasteiger partial charge in [-0.25, -0.2) is 13.6 Å². The number of primary sulfonamides is 1. The van der Waals surface area contributed by atoms with Crippen LogP contribution in [0, 0.1) is 17.0 Å². The number of aryl methyl sites for hydroxylation is 1. The number of benzene rings is 1. The highest BCUT2D eigenvalue weighted by molar-refractivity contribution is 7.89. The van der Waals surface area contributed by atoms with Crippen molar-refractivity contribution in [1.82, 2.24) is 0 Å². The molecule has 2 rings (SSSR count). The Morgan fingerprint density at radius 1 is 1.48 bits per heavy atom. The highest BCUT2D eigenvalue weighted by atomic mass is 32.2. The molecule has 0 aromatic heterocycles. The van der Waals surface area contributed by atoms with Gasteiger partial charge in [0, 0.05) is 12.7 Å². The SMILES string of the molecule is Cc1cc(OC2CCCOC2)c([N+](=O)[O-])cc1S(N)(=O)=O. The third kappa shape index (κ3) is 3.69. The van der Waals surface area contributed by atoms with E-state index in [0.717, 1.165) is 18.9 Å². The predicted octanol–water partition coefficient (Wildman–Crippen LogP) is 1.11. The van der Waals surface area contributed by atoms with E-state index in [-0.39, 0.29) is 16.7 Å². The van der Waals surface area contributed by atoms with Crippen LogP contribution in [0.15, 0.2) is 17.0 Å². The van der Waals surface area contributed by atoms with Gasteiger partial charge in [0.25, 0.3) is 0 Å². The molecule has 1 aliphatic rings. The van der Waals surface area contributed by atoms with Gasteiger partial charge in [0.2, 0.25) is 10.0 Å². The molecule has 1 heterocycles. The van der Waals surface area contributed by atoms with E-state index in [4.69, 9.17) is 14.6 Å². The number of ether oxygens (including phenoxy) is 2. The fourth-order valence-corrected chi connectivity index (χ4v) is 2.96. The van der Waals surface area contributed by atoms with Gasteiger partial charge >= 0.3 is 5.69 Å². The van der Waals surface area contributed by atoms with Gasteiger partial charge in [-0.15, -0.1) is 0 Å². The van der Waals surface area contributed by atoms with Crippen LogP contribution in [0.4, 0.5) is 5.69 Å². The Kier molecular flexibility index (Phi) is 4.45. The molecule has 116 valence electrons. The van der Waals surface area contributed by atoms with E-state index in [1.165, 1.54) is 13.0 Å². The number of nitro benzene ring substituents is 1. The Morgan fingerprint density at radius 2 is 2.19 bits per heavy atom. The predicted molar refractivity (Wildman–Crippen MR) is 73.7 cm³/mol. The third-order valence-corrected chi connectivity index (χ3v) is 4.22. The lowest BCUT2D eigenvalue weighted by Crippen LogP contribution is -2.28. The Labute approximate surface area is 122 Å². The molecule has 1 aromatic carbocycles. The molecule has 1 atom stereocenters. The fraction of sp³-hybridized carbons (Fsp3) is 0.500. The Bertz CT molecular complexity index is 652. The van der Waals surface area contributed by atoms with Crippen molar-refractivity contribution in [3.63, 3.8) is 0 Å². The van der Waals surface area contributed by atoms with Crippen LogP contribution < -0.4 is 9.88 Å².